The van der Waals surface area contributed by atoms with E-state index in [0.717, 1.165) is 10.7 Å². The lowest BCUT2D eigenvalue weighted by molar-refractivity contribution is -0.00237. The molecule has 0 unspecified atom stereocenters. The maximum absolute atomic E-state index is 12.3. The molecular formula is C12H18N2O3S. The Bertz CT molecular complexity index is 447. The maximum atomic E-state index is 12.3. The molecule has 1 aromatic heterocycles. The molecule has 100 valence electrons. The summed E-state index contributed by atoms with van der Waals surface area (Å²) in [6, 6.07) is 0. The van der Waals surface area contributed by atoms with E-state index in [0.29, 0.717) is 24.6 Å². The van der Waals surface area contributed by atoms with Crippen molar-refractivity contribution in [1.29, 1.82) is 0 Å². The van der Waals surface area contributed by atoms with Crippen molar-refractivity contribution in [3.8, 4) is 0 Å². The van der Waals surface area contributed by atoms with Crippen LogP contribution >= 0.6 is 11.3 Å². The zero-order valence-electron chi connectivity index (χ0n) is 10.8. The van der Waals surface area contributed by atoms with Crippen LogP contribution in [0.5, 0.6) is 0 Å². The van der Waals surface area contributed by atoms with Crippen LogP contribution in [-0.4, -0.2) is 52.8 Å². The number of β-amino-alcohol motifs (C(OH)–C–C–N with tert-alkyl or cyclic N) is 1. The van der Waals surface area contributed by atoms with Gasteiger partial charge in [0.05, 0.1) is 16.8 Å². The SMILES string of the molecule is CCO[C@@H]1CN(C(=O)c2sc(C)nc2C)C[C@H]1O. The van der Waals surface area contributed by atoms with Crippen LogP contribution in [0.25, 0.3) is 0 Å². The quantitative estimate of drug-likeness (QED) is 0.889. The molecule has 0 radical (unpaired) electrons. The molecule has 0 spiro atoms. The van der Waals surface area contributed by atoms with Crippen molar-refractivity contribution in [2.45, 2.75) is 33.0 Å². The van der Waals surface area contributed by atoms with E-state index >= 15 is 0 Å². The van der Waals surface area contributed by atoms with Crippen molar-refractivity contribution < 1.29 is 14.6 Å². The number of thiazole rings is 1. The Labute approximate surface area is 110 Å². The summed E-state index contributed by atoms with van der Waals surface area (Å²) in [5, 5.41) is 10.7. The number of ether oxygens (including phenoxy) is 1. The van der Waals surface area contributed by atoms with E-state index in [2.05, 4.69) is 4.98 Å². The van der Waals surface area contributed by atoms with Gasteiger partial charge in [-0.1, -0.05) is 0 Å². The Kier molecular flexibility index (Phi) is 3.99. The summed E-state index contributed by atoms with van der Waals surface area (Å²) in [5.74, 6) is -0.0562. The first-order valence-electron chi connectivity index (χ1n) is 6.06. The summed E-state index contributed by atoms with van der Waals surface area (Å²) in [5.41, 5.74) is 0.761. The minimum Gasteiger partial charge on any atom is -0.388 e. The van der Waals surface area contributed by atoms with E-state index in [1.54, 1.807) is 4.90 Å². The van der Waals surface area contributed by atoms with E-state index < -0.39 is 6.10 Å². The van der Waals surface area contributed by atoms with Gasteiger partial charge in [0.15, 0.2) is 0 Å². The molecule has 1 saturated heterocycles. The summed E-state index contributed by atoms with van der Waals surface area (Å²) < 4.78 is 5.41. The predicted octanol–water partition coefficient (Wildman–Crippen LogP) is 0.982. The van der Waals surface area contributed by atoms with Gasteiger partial charge >= 0.3 is 0 Å². The zero-order chi connectivity index (χ0) is 13.3. The van der Waals surface area contributed by atoms with Gasteiger partial charge in [0.25, 0.3) is 5.91 Å². The van der Waals surface area contributed by atoms with Crippen LogP contribution in [0.4, 0.5) is 0 Å². The van der Waals surface area contributed by atoms with Gasteiger partial charge in [0.2, 0.25) is 0 Å². The molecule has 18 heavy (non-hydrogen) atoms. The van der Waals surface area contributed by atoms with E-state index in [9.17, 15) is 9.90 Å². The highest BCUT2D eigenvalue weighted by Crippen LogP contribution is 2.22. The number of aliphatic hydroxyl groups is 1. The van der Waals surface area contributed by atoms with Gasteiger partial charge in [0, 0.05) is 19.7 Å². The fourth-order valence-corrected chi connectivity index (χ4v) is 3.06. The summed E-state index contributed by atoms with van der Waals surface area (Å²) in [6.45, 7) is 6.93. The minimum atomic E-state index is -0.594. The number of carbonyl (C=O) groups excluding carboxylic acids is 1. The number of aryl methyl sites for hydroxylation is 2. The van der Waals surface area contributed by atoms with Crippen LogP contribution < -0.4 is 0 Å². The summed E-state index contributed by atoms with van der Waals surface area (Å²) in [4.78, 5) is 18.9. The first kappa shape index (κ1) is 13.5. The van der Waals surface area contributed by atoms with Crippen LogP contribution in [0.1, 0.15) is 27.3 Å². The minimum absolute atomic E-state index is 0.0562. The molecule has 5 nitrogen and oxygen atoms in total. The molecule has 0 aromatic carbocycles. The van der Waals surface area contributed by atoms with Crippen molar-refractivity contribution >= 4 is 17.2 Å². The Balaban J connectivity index is 2.09. The van der Waals surface area contributed by atoms with Gasteiger partial charge in [-0.15, -0.1) is 11.3 Å². The van der Waals surface area contributed by atoms with Crippen molar-refractivity contribution in [1.82, 2.24) is 9.88 Å². The van der Waals surface area contributed by atoms with Gasteiger partial charge in [-0.25, -0.2) is 4.98 Å². The topological polar surface area (TPSA) is 62.7 Å². The summed E-state index contributed by atoms with van der Waals surface area (Å²) in [7, 11) is 0. The number of rotatable bonds is 3. The van der Waals surface area contributed by atoms with E-state index in [1.807, 2.05) is 20.8 Å². The molecule has 0 bridgehead atoms. The third-order valence-electron chi connectivity index (χ3n) is 3.00. The standard InChI is InChI=1S/C12H18N2O3S/c1-4-17-10-6-14(5-9(10)15)12(16)11-7(2)13-8(3)18-11/h9-10,15H,4-6H2,1-3H3/t9-,10-/m1/s1. The molecule has 2 heterocycles. The molecule has 6 heteroatoms. The normalized spacial score (nSPS) is 23.7. The predicted molar refractivity (Wildman–Crippen MR) is 68.9 cm³/mol. The summed E-state index contributed by atoms with van der Waals surface area (Å²) in [6.07, 6.45) is -0.864. The molecule has 1 fully saturated rings. The maximum Gasteiger partial charge on any atom is 0.266 e. The molecule has 0 saturated carbocycles. The number of hydrogen-bond acceptors (Lipinski definition) is 5. The molecule has 1 aliphatic rings. The molecule has 1 N–H and O–H groups in total. The van der Waals surface area contributed by atoms with Crippen LogP contribution in [0.2, 0.25) is 0 Å². The van der Waals surface area contributed by atoms with Crippen LogP contribution in [0.15, 0.2) is 0 Å². The first-order chi connectivity index (χ1) is 8.52. The van der Waals surface area contributed by atoms with Gasteiger partial charge in [-0.05, 0) is 20.8 Å². The van der Waals surface area contributed by atoms with Gasteiger partial charge < -0.3 is 14.7 Å². The second-order valence-corrected chi connectivity index (χ2v) is 5.62. The number of nitrogens with zero attached hydrogens (tertiary/aromatic N) is 2. The monoisotopic (exact) mass is 270 g/mol. The third kappa shape index (κ3) is 2.55. The Morgan fingerprint density at radius 1 is 1.56 bits per heavy atom. The van der Waals surface area contributed by atoms with Crippen LogP contribution in [0, 0.1) is 13.8 Å². The van der Waals surface area contributed by atoms with E-state index in [4.69, 9.17) is 4.74 Å². The molecule has 1 aromatic rings. The molecule has 0 aliphatic carbocycles. The highest BCUT2D eigenvalue weighted by Gasteiger charge is 2.35. The lowest BCUT2D eigenvalue weighted by atomic mass is 10.3. The smallest absolute Gasteiger partial charge is 0.266 e. The largest absolute Gasteiger partial charge is 0.388 e. The lowest BCUT2D eigenvalue weighted by Gasteiger charge is -2.15. The Morgan fingerprint density at radius 3 is 2.83 bits per heavy atom. The number of carbonyl (C=O) groups is 1. The highest BCUT2D eigenvalue weighted by atomic mass is 32.1. The van der Waals surface area contributed by atoms with Crippen molar-refractivity contribution in [3.63, 3.8) is 0 Å². The number of hydrogen-bond donors (Lipinski definition) is 1. The van der Waals surface area contributed by atoms with Crippen molar-refractivity contribution in [3.05, 3.63) is 15.6 Å². The van der Waals surface area contributed by atoms with Gasteiger partial charge in [-0.3, -0.25) is 4.79 Å². The fraction of sp³-hybridized carbons (Fsp3) is 0.667. The van der Waals surface area contributed by atoms with Gasteiger partial charge in [-0.2, -0.15) is 0 Å². The van der Waals surface area contributed by atoms with Crippen LogP contribution in [-0.2, 0) is 4.74 Å². The number of amides is 1. The fourth-order valence-electron chi connectivity index (χ4n) is 2.17. The molecule has 1 aliphatic heterocycles. The number of aromatic nitrogens is 1. The number of likely N-dealkylation sites (tertiary alicyclic amines) is 1. The summed E-state index contributed by atoms with van der Waals surface area (Å²) >= 11 is 1.40. The highest BCUT2D eigenvalue weighted by molar-refractivity contribution is 7.13. The first-order valence-corrected chi connectivity index (χ1v) is 6.87. The second kappa shape index (κ2) is 5.34. The Morgan fingerprint density at radius 2 is 2.28 bits per heavy atom. The Hall–Kier alpha value is -0.980. The average Bonchev–Trinajstić information content (AvgIpc) is 2.83. The molecule has 1 amide bonds. The zero-order valence-corrected chi connectivity index (χ0v) is 11.7. The molecular weight excluding hydrogens is 252 g/mol. The van der Waals surface area contributed by atoms with Gasteiger partial charge in [0.1, 0.15) is 11.0 Å². The van der Waals surface area contributed by atoms with Crippen LogP contribution in [0.3, 0.4) is 0 Å². The third-order valence-corrected chi connectivity index (χ3v) is 4.06. The lowest BCUT2D eigenvalue weighted by Crippen LogP contribution is -2.30. The second-order valence-electron chi connectivity index (χ2n) is 4.42. The van der Waals surface area contributed by atoms with E-state index in [-0.39, 0.29) is 12.0 Å². The molecule has 2 rings (SSSR count). The molecule has 2 atom stereocenters. The number of aliphatic hydroxyl groups excluding tert-OH is 1. The average molecular weight is 270 g/mol. The van der Waals surface area contributed by atoms with E-state index in [1.165, 1.54) is 11.3 Å². The van der Waals surface area contributed by atoms with Crippen molar-refractivity contribution in [2.24, 2.45) is 0 Å². The van der Waals surface area contributed by atoms with Crippen molar-refractivity contribution in [2.75, 3.05) is 19.7 Å².